The van der Waals surface area contributed by atoms with Gasteiger partial charge >= 0.3 is 0 Å². The van der Waals surface area contributed by atoms with E-state index in [0.717, 1.165) is 10.8 Å². The van der Waals surface area contributed by atoms with E-state index >= 15 is 0 Å². The van der Waals surface area contributed by atoms with Gasteiger partial charge in [-0.05, 0) is 29.0 Å². The maximum atomic E-state index is 13.8. The monoisotopic (exact) mass is 281 g/mol. The van der Waals surface area contributed by atoms with Crippen LogP contribution in [0.5, 0.6) is 5.75 Å². The summed E-state index contributed by atoms with van der Waals surface area (Å²) in [6, 6.07) is 20.4. The van der Waals surface area contributed by atoms with Crippen molar-refractivity contribution >= 4 is 10.8 Å². The van der Waals surface area contributed by atoms with Crippen molar-refractivity contribution in [3.05, 3.63) is 78.1 Å². The highest BCUT2D eigenvalue weighted by molar-refractivity contribution is 5.83. The van der Waals surface area contributed by atoms with Crippen molar-refractivity contribution in [3.8, 4) is 5.75 Å². The van der Waals surface area contributed by atoms with E-state index in [-0.39, 0.29) is 12.4 Å². The molecule has 106 valence electrons. The highest BCUT2D eigenvalue weighted by Crippen LogP contribution is 2.26. The first-order chi connectivity index (χ1) is 10.3. The predicted molar refractivity (Wildman–Crippen MR) is 82.8 cm³/mol. The molecule has 1 unspecified atom stereocenters. The van der Waals surface area contributed by atoms with Crippen molar-refractivity contribution < 1.29 is 9.13 Å². The molecule has 2 nitrogen and oxygen atoms in total. The Kier molecular flexibility index (Phi) is 3.84. The van der Waals surface area contributed by atoms with Gasteiger partial charge in [-0.2, -0.15) is 0 Å². The molecule has 1 atom stereocenters. The van der Waals surface area contributed by atoms with E-state index in [1.807, 2.05) is 42.5 Å². The fourth-order valence-corrected chi connectivity index (χ4v) is 2.38. The first-order valence-electron chi connectivity index (χ1n) is 6.88. The summed E-state index contributed by atoms with van der Waals surface area (Å²) in [5.41, 5.74) is 6.22. The van der Waals surface area contributed by atoms with Crippen LogP contribution in [0.4, 0.5) is 4.39 Å². The topological polar surface area (TPSA) is 35.2 Å². The van der Waals surface area contributed by atoms with Crippen LogP contribution in [-0.4, -0.2) is 6.54 Å². The summed E-state index contributed by atoms with van der Waals surface area (Å²) in [6.45, 7) is 0.216. The van der Waals surface area contributed by atoms with Crippen molar-refractivity contribution in [1.82, 2.24) is 0 Å². The van der Waals surface area contributed by atoms with Gasteiger partial charge in [-0.3, -0.25) is 0 Å². The molecule has 0 bridgehead atoms. The molecular formula is C18H16FNO. The summed E-state index contributed by atoms with van der Waals surface area (Å²) in [7, 11) is 0. The van der Waals surface area contributed by atoms with E-state index in [1.54, 1.807) is 18.2 Å². The highest BCUT2D eigenvalue weighted by Gasteiger charge is 2.15. The molecule has 0 radical (unpaired) electrons. The molecule has 0 spiro atoms. The van der Waals surface area contributed by atoms with Crippen LogP contribution in [0.25, 0.3) is 10.8 Å². The second kappa shape index (κ2) is 5.94. The fraction of sp³-hybridized carbons (Fsp3) is 0.111. The second-order valence-electron chi connectivity index (χ2n) is 4.87. The van der Waals surface area contributed by atoms with Crippen molar-refractivity contribution in [3.63, 3.8) is 0 Å². The molecule has 21 heavy (non-hydrogen) atoms. The Balaban J connectivity index is 1.90. The number of rotatable bonds is 4. The van der Waals surface area contributed by atoms with Crippen molar-refractivity contribution in [2.75, 3.05) is 6.54 Å². The maximum absolute atomic E-state index is 13.8. The lowest BCUT2D eigenvalue weighted by Crippen LogP contribution is -2.19. The molecule has 2 N–H and O–H groups in total. The number of nitrogens with two attached hydrogens (primary N) is 1. The minimum atomic E-state index is -0.493. The van der Waals surface area contributed by atoms with E-state index in [0.29, 0.717) is 11.3 Å². The van der Waals surface area contributed by atoms with Gasteiger partial charge in [-0.25, -0.2) is 4.39 Å². The van der Waals surface area contributed by atoms with Crippen molar-refractivity contribution in [2.24, 2.45) is 5.73 Å². The van der Waals surface area contributed by atoms with Crippen LogP contribution in [0.3, 0.4) is 0 Å². The van der Waals surface area contributed by atoms with Gasteiger partial charge in [0.2, 0.25) is 0 Å². The van der Waals surface area contributed by atoms with E-state index in [4.69, 9.17) is 10.5 Å². The summed E-state index contributed by atoms with van der Waals surface area (Å²) < 4.78 is 19.7. The van der Waals surface area contributed by atoms with Crippen LogP contribution < -0.4 is 10.5 Å². The molecule has 0 aromatic heterocycles. The minimum absolute atomic E-state index is 0.216. The van der Waals surface area contributed by atoms with Crippen LogP contribution in [-0.2, 0) is 0 Å². The summed E-state index contributed by atoms with van der Waals surface area (Å²) in [5, 5.41) is 2.22. The fourth-order valence-electron chi connectivity index (χ4n) is 2.38. The molecule has 3 rings (SSSR count). The average Bonchev–Trinajstić information content (AvgIpc) is 2.53. The highest BCUT2D eigenvalue weighted by atomic mass is 19.1. The summed E-state index contributed by atoms with van der Waals surface area (Å²) in [5.74, 6) is 0.390. The zero-order valence-corrected chi connectivity index (χ0v) is 11.5. The molecule has 3 aromatic rings. The lowest BCUT2D eigenvalue weighted by Gasteiger charge is -2.18. The average molecular weight is 281 g/mol. The number of hydrogen-bond acceptors (Lipinski definition) is 2. The molecule has 0 aliphatic carbocycles. The Labute approximate surface area is 123 Å². The van der Waals surface area contributed by atoms with Gasteiger partial charge in [0, 0.05) is 12.1 Å². The molecule has 0 heterocycles. The smallest absolute Gasteiger partial charge is 0.139 e. The molecule has 0 fully saturated rings. The lowest BCUT2D eigenvalue weighted by molar-refractivity contribution is 0.209. The third kappa shape index (κ3) is 2.88. The van der Waals surface area contributed by atoms with E-state index in [1.165, 1.54) is 6.07 Å². The Morgan fingerprint density at radius 3 is 2.38 bits per heavy atom. The van der Waals surface area contributed by atoms with Crippen LogP contribution >= 0.6 is 0 Å². The van der Waals surface area contributed by atoms with Gasteiger partial charge in [-0.1, -0.05) is 48.5 Å². The Morgan fingerprint density at radius 2 is 1.62 bits per heavy atom. The van der Waals surface area contributed by atoms with Gasteiger partial charge in [0.15, 0.2) is 0 Å². The van der Waals surface area contributed by atoms with E-state index in [9.17, 15) is 4.39 Å². The SMILES string of the molecule is NCC(Oc1ccc2ccccc2c1)c1ccccc1F. The van der Waals surface area contributed by atoms with Crippen molar-refractivity contribution in [1.29, 1.82) is 0 Å². The Bertz CT molecular complexity index is 757. The molecule has 3 aromatic carbocycles. The molecule has 3 heteroatoms. The maximum Gasteiger partial charge on any atom is 0.139 e. The number of halogens is 1. The quantitative estimate of drug-likeness (QED) is 0.782. The standard InChI is InChI=1S/C18H16FNO/c19-17-8-4-3-7-16(17)18(12-20)21-15-10-9-13-5-1-2-6-14(13)11-15/h1-11,18H,12,20H2. The molecule has 0 saturated heterocycles. The zero-order chi connectivity index (χ0) is 14.7. The normalized spacial score (nSPS) is 12.3. The third-order valence-electron chi connectivity index (χ3n) is 3.47. The van der Waals surface area contributed by atoms with Gasteiger partial charge in [0.1, 0.15) is 17.7 Å². The predicted octanol–water partition coefficient (Wildman–Crippen LogP) is 4.06. The lowest BCUT2D eigenvalue weighted by atomic mass is 10.1. The van der Waals surface area contributed by atoms with E-state index in [2.05, 4.69) is 0 Å². The Hall–Kier alpha value is -2.39. The molecule has 0 aliphatic rings. The number of benzene rings is 3. The second-order valence-corrected chi connectivity index (χ2v) is 4.87. The number of fused-ring (bicyclic) bond motifs is 1. The summed E-state index contributed by atoms with van der Waals surface area (Å²) in [6.07, 6.45) is -0.493. The van der Waals surface area contributed by atoms with Gasteiger partial charge in [0.25, 0.3) is 0 Å². The van der Waals surface area contributed by atoms with E-state index < -0.39 is 6.10 Å². The summed E-state index contributed by atoms with van der Waals surface area (Å²) >= 11 is 0. The van der Waals surface area contributed by atoms with Crippen LogP contribution in [0, 0.1) is 5.82 Å². The number of ether oxygens (including phenoxy) is 1. The first kappa shape index (κ1) is 13.6. The molecular weight excluding hydrogens is 265 g/mol. The molecule has 0 amide bonds. The van der Waals surface area contributed by atoms with Gasteiger partial charge < -0.3 is 10.5 Å². The first-order valence-corrected chi connectivity index (χ1v) is 6.88. The van der Waals surface area contributed by atoms with Gasteiger partial charge in [0.05, 0.1) is 0 Å². The zero-order valence-electron chi connectivity index (χ0n) is 11.5. The van der Waals surface area contributed by atoms with Crippen LogP contribution in [0.1, 0.15) is 11.7 Å². The third-order valence-corrected chi connectivity index (χ3v) is 3.47. The molecule has 0 saturated carbocycles. The number of hydrogen-bond donors (Lipinski definition) is 1. The van der Waals surface area contributed by atoms with Crippen LogP contribution in [0.2, 0.25) is 0 Å². The van der Waals surface area contributed by atoms with Crippen LogP contribution in [0.15, 0.2) is 66.7 Å². The van der Waals surface area contributed by atoms with Gasteiger partial charge in [-0.15, -0.1) is 0 Å². The Morgan fingerprint density at radius 1 is 0.905 bits per heavy atom. The largest absolute Gasteiger partial charge is 0.484 e. The minimum Gasteiger partial charge on any atom is -0.484 e. The molecule has 0 aliphatic heterocycles. The van der Waals surface area contributed by atoms with Crippen molar-refractivity contribution in [2.45, 2.75) is 6.10 Å². The summed E-state index contributed by atoms with van der Waals surface area (Å²) in [4.78, 5) is 0.